The Morgan fingerprint density at radius 1 is 0.955 bits per heavy atom. The zero-order valence-electron chi connectivity index (χ0n) is 11.6. The predicted molar refractivity (Wildman–Crippen MR) is 81.5 cm³/mol. The number of hydrogen-bond donors (Lipinski definition) is 0. The van der Waals surface area contributed by atoms with Gasteiger partial charge in [-0.3, -0.25) is 4.79 Å². The first-order valence-corrected chi connectivity index (χ1v) is 7.03. The highest BCUT2D eigenvalue weighted by atomic mass is 16.5. The van der Waals surface area contributed by atoms with Crippen LogP contribution in [0, 0.1) is 0 Å². The molecule has 0 spiro atoms. The van der Waals surface area contributed by atoms with Gasteiger partial charge in [-0.1, -0.05) is 30.3 Å². The first kappa shape index (κ1) is 12.8. The molecule has 4 nitrogen and oxygen atoms in total. The quantitative estimate of drug-likeness (QED) is 0.646. The van der Waals surface area contributed by atoms with Crippen LogP contribution in [0.1, 0.15) is 21.8 Å². The van der Waals surface area contributed by atoms with E-state index in [0.717, 1.165) is 5.39 Å². The van der Waals surface area contributed by atoms with Crippen LogP contribution in [0.2, 0.25) is 0 Å². The SMILES string of the molecule is O=C1c2ccccc2OCC1c1cc2ccccc2oc1=O. The Kier molecular flexibility index (Phi) is 2.82. The number of carbonyl (C=O) groups is 1. The van der Waals surface area contributed by atoms with Gasteiger partial charge < -0.3 is 9.15 Å². The largest absolute Gasteiger partial charge is 0.492 e. The second-order valence-electron chi connectivity index (χ2n) is 5.25. The lowest BCUT2D eigenvalue weighted by Gasteiger charge is -2.23. The molecule has 0 fully saturated rings. The number of para-hydroxylation sites is 2. The molecular formula is C18H12O4. The van der Waals surface area contributed by atoms with E-state index < -0.39 is 11.5 Å². The van der Waals surface area contributed by atoms with Crippen LogP contribution in [0.25, 0.3) is 11.0 Å². The van der Waals surface area contributed by atoms with Gasteiger partial charge in [0.1, 0.15) is 17.9 Å². The summed E-state index contributed by atoms with van der Waals surface area (Å²) in [7, 11) is 0. The Morgan fingerprint density at radius 2 is 1.73 bits per heavy atom. The molecule has 0 aliphatic carbocycles. The van der Waals surface area contributed by atoms with Crippen LogP contribution in [0.3, 0.4) is 0 Å². The van der Waals surface area contributed by atoms with Crippen molar-refractivity contribution in [3.8, 4) is 5.75 Å². The lowest BCUT2D eigenvalue weighted by atomic mass is 9.89. The summed E-state index contributed by atoms with van der Waals surface area (Å²) in [6, 6.07) is 16.0. The summed E-state index contributed by atoms with van der Waals surface area (Å²) >= 11 is 0. The van der Waals surface area contributed by atoms with Crippen LogP contribution in [0.4, 0.5) is 0 Å². The van der Waals surface area contributed by atoms with Gasteiger partial charge in [-0.15, -0.1) is 0 Å². The number of rotatable bonds is 1. The molecule has 3 aromatic rings. The maximum Gasteiger partial charge on any atom is 0.340 e. The average Bonchev–Trinajstić information content (AvgIpc) is 2.55. The summed E-state index contributed by atoms with van der Waals surface area (Å²) in [5.41, 5.74) is 0.880. The van der Waals surface area contributed by atoms with E-state index in [1.807, 2.05) is 18.2 Å². The number of ketones is 1. The highest BCUT2D eigenvalue weighted by Crippen LogP contribution is 2.31. The fourth-order valence-corrected chi connectivity index (χ4v) is 2.78. The third-order valence-corrected chi connectivity index (χ3v) is 3.92. The first-order valence-electron chi connectivity index (χ1n) is 7.03. The third kappa shape index (κ3) is 1.92. The number of hydrogen-bond acceptors (Lipinski definition) is 4. The van der Waals surface area contributed by atoms with Crippen LogP contribution < -0.4 is 10.4 Å². The lowest BCUT2D eigenvalue weighted by molar-refractivity contribution is 0.0894. The Hall–Kier alpha value is -2.88. The highest BCUT2D eigenvalue weighted by Gasteiger charge is 2.32. The van der Waals surface area contributed by atoms with Gasteiger partial charge in [-0.05, 0) is 24.3 Å². The summed E-state index contributed by atoms with van der Waals surface area (Å²) in [4.78, 5) is 24.9. The molecule has 0 N–H and O–H groups in total. The molecule has 2 aromatic carbocycles. The molecule has 0 radical (unpaired) electrons. The van der Waals surface area contributed by atoms with Crippen LogP contribution in [0.15, 0.2) is 63.8 Å². The van der Waals surface area contributed by atoms with Crippen molar-refractivity contribution in [3.63, 3.8) is 0 Å². The van der Waals surface area contributed by atoms with E-state index in [1.165, 1.54) is 0 Å². The maximum atomic E-state index is 12.6. The minimum Gasteiger partial charge on any atom is -0.492 e. The van der Waals surface area contributed by atoms with Crippen molar-refractivity contribution in [1.82, 2.24) is 0 Å². The van der Waals surface area contributed by atoms with E-state index in [0.29, 0.717) is 22.5 Å². The number of benzene rings is 2. The van der Waals surface area contributed by atoms with Crippen LogP contribution in [-0.4, -0.2) is 12.4 Å². The monoisotopic (exact) mass is 292 g/mol. The van der Waals surface area contributed by atoms with Crippen molar-refractivity contribution in [1.29, 1.82) is 0 Å². The second kappa shape index (κ2) is 4.84. The van der Waals surface area contributed by atoms with Gasteiger partial charge in [0.25, 0.3) is 0 Å². The molecule has 0 saturated carbocycles. The highest BCUT2D eigenvalue weighted by molar-refractivity contribution is 6.04. The number of carbonyl (C=O) groups excluding carboxylic acids is 1. The zero-order chi connectivity index (χ0) is 15.1. The molecule has 2 heterocycles. The Morgan fingerprint density at radius 3 is 2.64 bits per heavy atom. The normalized spacial score (nSPS) is 17.1. The van der Waals surface area contributed by atoms with Crippen LogP contribution >= 0.6 is 0 Å². The molecule has 1 atom stereocenters. The smallest absolute Gasteiger partial charge is 0.340 e. The molecule has 1 unspecified atom stereocenters. The van der Waals surface area contributed by atoms with Crippen molar-refractivity contribution in [2.45, 2.75) is 5.92 Å². The van der Waals surface area contributed by atoms with Crippen molar-refractivity contribution >= 4 is 16.8 Å². The molecule has 4 heteroatoms. The zero-order valence-corrected chi connectivity index (χ0v) is 11.6. The van der Waals surface area contributed by atoms with Crippen molar-refractivity contribution < 1.29 is 13.9 Å². The number of ether oxygens (including phenoxy) is 1. The van der Waals surface area contributed by atoms with Gasteiger partial charge in [0, 0.05) is 5.39 Å². The van der Waals surface area contributed by atoms with E-state index in [-0.39, 0.29) is 12.4 Å². The Labute approximate surface area is 126 Å². The van der Waals surface area contributed by atoms with Crippen LogP contribution in [-0.2, 0) is 0 Å². The van der Waals surface area contributed by atoms with Gasteiger partial charge >= 0.3 is 5.63 Å². The van der Waals surface area contributed by atoms with Gasteiger partial charge in [0.2, 0.25) is 0 Å². The standard InChI is InChI=1S/C18H12O4/c19-17-12-6-2-4-8-16(12)21-10-14(17)13-9-11-5-1-3-7-15(11)22-18(13)20/h1-9,14H,10H2. The summed E-state index contributed by atoms with van der Waals surface area (Å²) in [5, 5.41) is 0.795. The van der Waals surface area contributed by atoms with Crippen molar-refractivity contribution in [3.05, 3.63) is 76.1 Å². The molecule has 0 amide bonds. The summed E-state index contributed by atoms with van der Waals surface area (Å²) in [5.74, 6) is -0.172. The molecule has 1 aliphatic heterocycles. The minimum atomic E-state index is -0.629. The van der Waals surface area contributed by atoms with E-state index in [2.05, 4.69) is 0 Å². The molecule has 1 aromatic heterocycles. The minimum absolute atomic E-state index is 0.107. The van der Waals surface area contributed by atoms with Crippen molar-refractivity contribution in [2.24, 2.45) is 0 Å². The van der Waals surface area contributed by atoms with E-state index >= 15 is 0 Å². The molecule has 1 aliphatic rings. The fourth-order valence-electron chi connectivity index (χ4n) is 2.78. The molecule has 0 bridgehead atoms. The van der Waals surface area contributed by atoms with E-state index in [9.17, 15) is 9.59 Å². The average molecular weight is 292 g/mol. The molecule has 22 heavy (non-hydrogen) atoms. The predicted octanol–water partition coefficient (Wildman–Crippen LogP) is 3.15. The summed E-state index contributed by atoms with van der Waals surface area (Å²) in [6.45, 7) is 0.152. The summed E-state index contributed by atoms with van der Waals surface area (Å²) in [6.07, 6.45) is 0. The van der Waals surface area contributed by atoms with E-state index in [1.54, 1.807) is 36.4 Å². The Bertz CT molecular complexity index is 939. The van der Waals surface area contributed by atoms with Gasteiger partial charge in [-0.25, -0.2) is 4.79 Å². The van der Waals surface area contributed by atoms with Gasteiger partial charge in [-0.2, -0.15) is 0 Å². The fraction of sp³-hybridized carbons (Fsp3) is 0.111. The topological polar surface area (TPSA) is 56.5 Å². The van der Waals surface area contributed by atoms with Gasteiger partial charge in [0.05, 0.1) is 17.0 Å². The molecule has 0 saturated heterocycles. The van der Waals surface area contributed by atoms with Crippen molar-refractivity contribution in [2.75, 3.05) is 6.61 Å². The summed E-state index contributed by atoms with van der Waals surface area (Å²) < 4.78 is 10.9. The first-order chi connectivity index (χ1) is 10.7. The maximum absolute atomic E-state index is 12.6. The third-order valence-electron chi connectivity index (χ3n) is 3.92. The number of Topliss-reactive ketones (excluding diaryl/α,β-unsaturated/α-hetero) is 1. The van der Waals surface area contributed by atoms with E-state index in [4.69, 9.17) is 9.15 Å². The molecule has 108 valence electrons. The second-order valence-corrected chi connectivity index (χ2v) is 5.25. The number of fused-ring (bicyclic) bond motifs is 2. The Balaban J connectivity index is 1.85. The molecular weight excluding hydrogens is 280 g/mol. The lowest BCUT2D eigenvalue weighted by Crippen LogP contribution is -2.29. The van der Waals surface area contributed by atoms with Crippen LogP contribution in [0.5, 0.6) is 5.75 Å². The molecule has 4 rings (SSSR count). The van der Waals surface area contributed by atoms with Gasteiger partial charge in [0.15, 0.2) is 5.78 Å².